The van der Waals surface area contributed by atoms with E-state index >= 15 is 0 Å². The number of amides is 4. The van der Waals surface area contributed by atoms with Crippen molar-refractivity contribution in [2.24, 2.45) is 46.8 Å². The first-order valence-corrected chi connectivity index (χ1v) is 15.9. The maximum atomic E-state index is 13.6. The van der Waals surface area contributed by atoms with Crippen molar-refractivity contribution in [3.63, 3.8) is 0 Å². The van der Waals surface area contributed by atoms with Crippen molar-refractivity contribution < 1.29 is 19.2 Å². The van der Waals surface area contributed by atoms with Crippen molar-refractivity contribution in [3.05, 3.63) is 53.5 Å². The minimum absolute atomic E-state index is 0.0949. The molecule has 0 spiro atoms. The van der Waals surface area contributed by atoms with Crippen LogP contribution in [-0.4, -0.2) is 62.4 Å². The number of imide groups is 1. The maximum absolute atomic E-state index is 13.6. The average molecular weight is 575 g/mol. The standard InChI is InChI=1S/C33H30N6O4/c40-20-5-4-19(30(41)36-20)39-29-21-17(2-1-3-18(21)31(39)42)15(12-34-29)10-14-11-35-38(13-14)16-6-8-37(9-7-16)32(43)33-26-23-22-24(26)28(33)25(22)27(23)33/h1-3,11-13,16,19,22-28H,4-10H2,(H,36,40,41). The van der Waals surface area contributed by atoms with Gasteiger partial charge in [-0.05, 0) is 83.3 Å². The van der Waals surface area contributed by atoms with Crippen LogP contribution >= 0.6 is 0 Å². The predicted octanol–water partition coefficient (Wildman–Crippen LogP) is 2.32. The molecule has 9 aliphatic rings. The molecule has 3 aliphatic heterocycles. The third-order valence-electron chi connectivity index (χ3n) is 13.2. The zero-order valence-corrected chi connectivity index (χ0v) is 23.5. The molecule has 1 aromatic carbocycles. The lowest BCUT2D eigenvalue weighted by atomic mass is 8.96. The summed E-state index contributed by atoms with van der Waals surface area (Å²) >= 11 is 0. The van der Waals surface area contributed by atoms with E-state index in [1.165, 1.54) is 4.90 Å². The van der Waals surface area contributed by atoms with Gasteiger partial charge in [0.25, 0.3) is 5.91 Å². The van der Waals surface area contributed by atoms with Crippen LogP contribution in [0.3, 0.4) is 0 Å². The summed E-state index contributed by atoms with van der Waals surface area (Å²) in [5.74, 6) is 6.06. The SMILES string of the molecule is O=C1CCC(N2C(=O)c3cccc4c(Cc5cnn(C6CCN(C(=O)C78C9C%10C%11C9C7C%11C%108)CC6)c5)cnc2c34)C(=O)N1. The third-order valence-corrected chi connectivity index (χ3v) is 13.2. The van der Waals surface area contributed by atoms with Gasteiger partial charge in [-0.15, -0.1) is 0 Å². The van der Waals surface area contributed by atoms with Gasteiger partial charge >= 0.3 is 0 Å². The molecule has 10 nitrogen and oxygen atoms in total. The van der Waals surface area contributed by atoms with E-state index < -0.39 is 11.9 Å². The van der Waals surface area contributed by atoms with Crippen LogP contribution < -0.4 is 10.2 Å². The summed E-state index contributed by atoms with van der Waals surface area (Å²) in [6.07, 6.45) is 8.79. The molecule has 8 fully saturated rings. The molecule has 4 amide bonds. The van der Waals surface area contributed by atoms with Gasteiger partial charge in [0.2, 0.25) is 17.7 Å². The minimum Gasteiger partial charge on any atom is -0.342 e. The number of benzene rings is 1. The molecule has 43 heavy (non-hydrogen) atoms. The van der Waals surface area contributed by atoms with E-state index in [2.05, 4.69) is 26.1 Å². The largest absolute Gasteiger partial charge is 0.342 e. The van der Waals surface area contributed by atoms with Crippen LogP contribution in [-0.2, 0) is 20.8 Å². The number of carbonyl (C=O) groups is 4. The number of hydrogen-bond donors (Lipinski definition) is 1. The van der Waals surface area contributed by atoms with Crippen LogP contribution in [0.2, 0.25) is 0 Å². The molecular formula is C33H30N6O4. The van der Waals surface area contributed by atoms with Crippen molar-refractivity contribution in [2.75, 3.05) is 18.0 Å². The van der Waals surface area contributed by atoms with Crippen molar-refractivity contribution in [1.82, 2.24) is 25.0 Å². The Hall–Kier alpha value is -4.08. The number of hydrogen-bond acceptors (Lipinski definition) is 6. The Morgan fingerprint density at radius 1 is 0.977 bits per heavy atom. The fraction of sp³-hybridized carbons (Fsp3) is 0.515. The van der Waals surface area contributed by atoms with E-state index in [0.29, 0.717) is 23.7 Å². The number of anilines is 1. The number of nitrogens with one attached hydrogen (secondary N) is 1. The maximum Gasteiger partial charge on any atom is 0.260 e. The van der Waals surface area contributed by atoms with Crippen LogP contribution in [0, 0.1) is 46.8 Å². The summed E-state index contributed by atoms with van der Waals surface area (Å²) in [4.78, 5) is 59.7. The number of likely N-dealkylation sites (tertiary alicyclic amines) is 1. The first-order valence-electron chi connectivity index (χ1n) is 15.9. The quantitative estimate of drug-likeness (QED) is 0.468. The number of pyridine rings is 1. The second-order valence-electron chi connectivity index (χ2n) is 14.3. The van der Waals surface area contributed by atoms with Crippen LogP contribution in [0.5, 0.6) is 0 Å². The molecule has 1 unspecified atom stereocenters. The molecule has 216 valence electrons. The lowest BCUT2D eigenvalue weighted by Crippen LogP contribution is -3.07. The van der Waals surface area contributed by atoms with Crippen molar-refractivity contribution >= 4 is 40.2 Å². The van der Waals surface area contributed by atoms with Gasteiger partial charge in [0.05, 0.1) is 23.2 Å². The lowest BCUT2D eigenvalue weighted by Gasteiger charge is -3.06. The van der Waals surface area contributed by atoms with Crippen LogP contribution in [0.1, 0.15) is 53.2 Å². The highest BCUT2D eigenvalue weighted by Crippen LogP contribution is 3.06. The second kappa shape index (κ2) is 7.34. The van der Waals surface area contributed by atoms with E-state index in [1.54, 1.807) is 12.3 Å². The number of rotatable bonds is 5. The molecule has 2 aromatic heterocycles. The molecule has 2 saturated heterocycles. The van der Waals surface area contributed by atoms with Crippen molar-refractivity contribution in [3.8, 4) is 0 Å². The summed E-state index contributed by atoms with van der Waals surface area (Å²) in [7, 11) is 0. The van der Waals surface area contributed by atoms with Crippen LogP contribution in [0.25, 0.3) is 10.8 Å². The van der Waals surface area contributed by atoms with Gasteiger partial charge in [-0.3, -0.25) is 34.1 Å². The number of aromatic nitrogens is 3. The number of carbonyl (C=O) groups excluding carboxylic acids is 4. The summed E-state index contributed by atoms with van der Waals surface area (Å²) in [5, 5.41) is 8.79. The zero-order valence-electron chi connectivity index (χ0n) is 23.5. The highest BCUT2D eigenvalue weighted by molar-refractivity contribution is 6.26. The van der Waals surface area contributed by atoms with Gasteiger partial charge in [0, 0.05) is 43.7 Å². The third kappa shape index (κ3) is 2.40. The number of nitrogens with zero attached hydrogens (tertiary/aromatic N) is 5. The molecule has 12 rings (SSSR count). The van der Waals surface area contributed by atoms with E-state index in [9.17, 15) is 19.2 Å². The molecule has 5 heterocycles. The molecule has 1 atom stereocenters. The Balaban J connectivity index is 0.810. The van der Waals surface area contributed by atoms with Gasteiger partial charge in [0.15, 0.2) is 0 Å². The Morgan fingerprint density at radius 3 is 2.49 bits per heavy atom. The smallest absolute Gasteiger partial charge is 0.260 e. The zero-order chi connectivity index (χ0) is 28.5. The summed E-state index contributed by atoms with van der Waals surface area (Å²) < 4.78 is 2.07. The summed E-state index contributed by atoms with van der Waals surface area (Å²) in [6.45, 7) is 1.65. The first-order chi connectivity index (χ1) is 21.0. The first kappa shape index (κ1) is 23.4. The topological polar surface area (TPSA) is 118 Å². The van der Waals surface area contributed by atoms with Gasteiger partial charge < -0.3 is 4.90 Å². The van der Waals surface area contributed by atoms with E-state index in [1.807, 2.05) is 18.3 Å². The van der Waals surface area contributed by atoms with Gasteiger partial charge in [-0.2, -0.15) is 5.10 Å². The second-order valence-corrected chi connectivity index (χ2v) is 14.3. The normalized spacial score (nSPS) is 39.0. The van der Waals surface area contributed by atoms with Gasteiger partial charge in [-0.1, -0.05) is 12.1 Å². The molecule has 6 aliphatic carbocycles. The van der Waals surface area contributed by atoms with Crippen LogP contribution in [0.4, 0.5) is 5.82 Å². The van der Waals surface area contributed by atoms with E-state index in [4.69, 9.17) is 5.10 Å². The average Bonchev–Trinajstić information content (AvgIpc) is 3.61. The molecule has 10 heteroatoms. The Kier molecular flexibility index (Phi) is 3.99. The number of piperidine rings is 2. The van der Waals surface area contributed by atoms with E-state index in [-0.39, 0.29) is 36.1 Å². The molecule has 0 radical (unpaired) electrons. The Bertz CT molecular complexity index is 1820. The highest BCUT2D eigenvalue weighted by atomic mass is 16.2. The van der Waals surface area contributed by atoms with Gasteiger partial charge in [-0.25, -0.2) is 4.98 Å². The molecule has 1 N–H and O–H groups in total. The summed E-state index contributed by atoms with van der Waals surface area (Å²) in [6, 6.07) is 5.19. The molecular weight excluding hydrogens is 544 g/mol. The Labute approximate surface area is 246 Å². The van der Waals surface area contributed by atoms with E-state index in [0.717, 1.165) is 89.3 Å². The minimum atomic E-state index is -0.750. The fourth-order valence-electron chi connectivity index (χ4n) is 11.6. The monoisotopic (exact) mass is 574 g/mol. The lowest BCUT2D eigenvalue weighted by molar-refractivity contribution is -0.597. The van der Waals surface area contributed by atoms with Gasteiger partial charge in [0.1, 0.15) is 11.9 Å². The molecule has 6 saturated carbocycles. The highest BCUT2D eigenvalue weighted by Gasteiger charge is 3.06. The predicted molar refractivity (Wildman–Crippen MR) is 151 cm³/mol. The fourth-order valence-corrected chi connectivity index (χ4v) is 11.6. The van der Waals surface area contributed by atoms with Crippen molar-refractivity contribution in [2.45, 2.75) is 44.2 Å². The molecule has 0 bridgehead atoms. The Morgan fingerprint density at radius 2 is 1.74 bits per heavy atom. The summed E-state index contributed by atoms with van der Waals surface area (Å²) in [5.41, 5.74) is 2.69. The molecule has 3 aromatic rings. The van der Waals surface area contributed by atoms with Crippen LogP contribution in [0.15, 0.2) is 36.8 Å². The van der Waals surface area contributed by atoms with Crippen molar-refractivity contribution in [1.29, 1.82) is 0 Å².